The Labute approximate surface area is 126 Å². The molecule has 0 atom stereocenters. The van der Waals surface area contributed by atoms with E-state index in [1.807, 2.05) is 6.26 Å². The number of hydrogen-bond acceptors (Lipinski definition) is 6. The molecule has 0 unspecified atom stereocenters. The fraction of sp³-hybridized carbons (Fsp3) is 0.455. The molecule has 7 nitrogen and oxygen atoms in total. The maximum Gasteiger partial charge on any atom is 0.274 e. The van der Waals surface area contributed by atoms with E-state index in [9.17, 15) is 22.9 Å². The molecule has 0 heterocycles. The van der Waals surface area contributed by atoms with Crippen LogP contribution in [-0.2, 0) is 10.0 Å². The zero-order valence-corrected chi connectivity index (χ0v) is 13.2. The van der Waals surface area contributed by atoms with Gasteiger partial charge in [-0.2, -0.15) is 11.8 Å². The Morgan fingerprint density at radius 1 is 1.43 bits per heavy atom. The van der Waals surface area contributed by atoms with E-state index in [4.69, 9.17) is 0 Å². The van der Waals surface area contributed by atoms with Gasteiger partial charge in [-0.1, -0.05) is 0 Å². The van der Waals surface area contributed by atoms with Gasteiger partial charge in [0.1, 0.15) is 4.90 Å². The number of nitrogens with zero attached hydrogens (tertiary/aromatic N) is 1. The molecular weight excluding hydrogens is 321 g/mol. The van der Waals surface area contributed by atoms with Gasteiger partial charge in [0.05, 0.1) is 16.7 Å². The Kier molecular flexibility index (Phi) is 6.37. The lowest BCUT2D eigenvalue weighted by molar-refractivity contribution is -0.385. The maximum atomic E-state index is 14.0. The first kappa shape index (κ1) is 17.7. The quantitative estimate of drug-likeness (QED) is 0.426. The van der Waals surface area contributed by atoms with E-state index in [1.54, 1.807) is 11.8 Å². The summed E-state index contributed by atoms with van der Waals surface area (Å²) < 4.78 is 40.5. The Balaban J connectivity index is 3.13. The topological polar surface area (TPSA) is 101 Å². The largest absolute Gasteiger partial charge is 0.387 e. The van der Waals surface area contributed by atoms with E-state index in [0.717, 1.165) is 11.8 Å². The van der Waals surface area contributed by atoms with Crippen molar-refractivity contribution in [2.45, 2.75) is 11.3 Å². The summed E-state index contributed by atoms with van der Waals surface area (Å²) >= 11 is 1.57. The van der Waals surface area contributed by atoms with Crippen LogP contribution in [0.2, 0.25) is 0 Å². The van der Waals surface area contributed by atoms with Gasteiger partial charge in [0.15, 0.2) is 5.82 Å². The van der Waals surface area contributed by atoms with E-state index in [1.165, 1.54) is 7.05 Å². The summed E-state index contributed by atoms with van der Waals surface area (Å²) in [5.41, 5.74) is -0.669. The number of nitro benzene ring substituents is 1. The molecule has 0 fully saturated rings. The molecule has 0 saturated carbocycles. The minimum Gasteiger partial charge on any atom is -0.387 e. The summed E-state index contributed by atoms with van der Waals surface area (Å²) in [6.45, 7) is 0.169. The number of nitro groups is 1. The van der Waals surface area contributed by atoms with Crippen LogP contribution in [0, 0.1) is 15.9 Å². The average Bonchev–Trinajstić information content (AvgIpc) is 2.42. The Morgan fingerprint density at radius 2 is 2.10 bits per heavy atom. The van der Waals surface area contributed by atoms with E-state index in [2.05, 4.69) is 10.0 Å². The molecule has 0 aliphatic rings. The summed E-state index contributed by atoms with van der Waals surface area (Å²) in [7, 11) is -2.71. The SMILES string of the molecule is CNc1cc([N+](=O)[O-])cc(F)c1S(=O)(=O)NCCCSC. The van der Waals surface area contributed by atoms with Crippen LogP contribution in [-0.4, -0.2) is 38.9 Å². The van der Waals surface area contributed by atoms with Crippen molar-refractivity contribution in [1.29, 1.82) is 0 Å². The predicted octanol–water partition coefficient (Wildman–Crippen LogP) is 1.81. The second-order valence-electron chi connectivity index (χ2n) is 4.06. The summed E-state index contributed by atoms with van der Waals surface area (Å²) in [6.07, 6.45) is 2.49. The number of benzene rings is 1. The lowest BCUT2D eigenvalue weighted by atomic mass is 10.2. The van der Waals surface area contributed by atoms with Crippen molar-refractivity contribution in [3.8, 4) is 0 Å². The highest BCUT2D eigenvalue weighted by Crippen LogP contribution is 2.29. The molecule has 10 heteroatoms. The number of thioether (sulfide) groups is 1. The number of sulfonamides is 1. The smallest absolute Gasteiger partial charge is 0.274 e. The molecule has 21 heavy (non-hydrogen) atoms. The van der Waals surface area contributed by atoms with Gasteiger partial charge in [-0.25, -0.2) is 17.5 Å². The first-order chi connectivity index (χ1) is 9.83. The second-order valence-corrected chi connectivity index (χ2v) is 6.74. The van der Waals surface area contributed by atoms with E-state index in [-0.39, 0.29) is 12.2 Å². The first-order valence-corrected chi connectivity index (χ1v) is 8.85. The molecule has 0 aliphatic carbocycles. The van der Waals surface area contributed by atoms with Crippen molar-refractivity contribution < 1.29 is 17.7 Å². The zero-order chi connectivity index (χ0) is 16.0. The average molecular weight is 337 g/mol. The van der Waals surface area contributed by atoms with E-state index < -0.39 is 31.3 Å². The van der Waals surface area contributed by atoms with Gasteiger partial charge in [0, 0.05) is 19.7 Å². The number of non-ortho nitro benzene ring substituents is 1. The molecule has 2 N–H and O–H groups in total. The predicted molar refractivity (Wildman–Crippen MR) is 80.8 cm³/mol. The van der Waals surface area contributed by atoms with E-state index in [0.29, 0.717) is 12.5 Å². The molecule has 0 radical (unpaired) electrons. The van der Waals surface area contributed by atoms with Crippen LogP contribution in [0.15, 0.2) is 17.0 Å². The van der Waals surface area contributed by atoms with Gasteiger partial charge >= 0.3 is 0 Å². The highest BCUT2D eigenvalue weighted by atomic mass is 32.2. The lowest BCUT2D eigenvalue weighted by Crippen LogP contribution is -2.27. The molecule has 1 rings (SSSR count). The van der Waals surface area contributed by atoms with Crippen LogP contribution in [0.1, 0.15) is 6.42 Å². The van der Waals surface area contributed by atoms with Crippen molar-refractivity contribution in [2.75, 3.05) is 30.9 Å². The van der Waals surface area contributed by atoms with Crippen molar-refractivity contribution in [3.05, 3.63) is 28.1 Å². The third-order valence-corrected chi connectivity index (χ3v) is 4.83. The molecule has 1 aromatic rings. The Hall–Kier alpha value is -1.39. The number of hydrogen-bond donors (Lipinski definition) is 2. The normalized spacial score (nSPS) is 11.4. The van der Waals surface area contributed by atoms with Crippen LogP contribution < -0.4 is 10.0 Å². The van der Waals surface area contributed by atoms with Gasteiger partial charge < -0.3 is 5.32 Å². The number of halogens is 1. The van der Waals surface area contributed by atoms with Gasteiger partial charge in [-0.05, 0) is 18.4 Å². The number of nitrogens with one attached hydrogen (secondary N) is 2. The van der Waals surface area contributed by atoms with Crippen molar-refractivity contribution >= 4 is 33.2 Å². The first-order valence-electron chi connectivity index (χ1n) is 5.97. The Bertz CT molecular complexity index is 622. The van der Waals surface area contributed by atoms with Crippen molar-refractivity contribution in [3.63, 3.8) is 0 Å². The molecule has 0 saturated heterocycles. The molecule has 0 amide bonds. The molecule has 0 aliphatic heterocycles. The second kappa shape index (κ2) is 7.57. The third kappa shape index (κ3) is 4.55. The standard InChI is InChI=1S/C11H16FN3O4S2/c1-13-10-7-8(15(16)17)6-9(12)11(10)21(18,19)14-4-3-5-20-2/h6-7,13-14H,3-5H2,1-2H3. The molecule has 0 bridgehead atoms. The minimum absolute atomic E-state index is 0.154. The molecule has 118 valence electrons. The summed E-state index contributed by atoms with van der Waals surface area (Å²) in [6, 6.07) is 1.58. The van der Waals surface area contributed by atoms with Crippen LogP contribution >= 0.6 is 11.8 Å². The summed E-state index contributed by atoms with van der Waals surface area (Å²) in [5.74, 6) is -0.393. The van der Waals surface area contributed by atoms with Gasteiger partial charge in [-0.15, -0.1) is 0 Å². The number of anilines is 1. The van der Waals surface area contributed by atoms with Crippen LogP contribution in [0.3, 0.4) is 0 Å². The van der Waals surface area contributed by atoms with Gasteiger partial charge in [0.2, 0.25) is 10.0 Å². The van der Waals surface area contributed by atoms with Gasteiger partial charge in [0.25, 0.3) is 5.69 Å². The fourth-order valence-electron chi connectivity index (χ4n) is 1.64. The molecule has 0 spiro atoms. The molecular formula is C11H16FN3O4S2. The molecule has 1 aromatic carbocycles. The van der Waals surface area contributed by atoms with Crippen LogP contribution in [0.5, 0.6) is 0 Å². The highest BCUT2D eigenvalue weighted by molar-refractivity contribution is 7.98. The third-order valence-electron chi connectivity index (χ3n) is 2.59. The minimum atomic E-state index is -4.08. The van der Waals surface area contributed by atoms with Gasteiger partial charge in [-0.3, -0.25) is 10.1 Å². The fourth-order valence-corrected chi connectivity index (χ4v) is 3.40. The lowest BCUT2D eigenvalue weighted by Gasteiger charge is -2.12. The monoisotopic (exact) mass is 337 g/mol. The number of rotatable bonds is 8. The van der Waals surface area contributed by atoms with Crippen molar-refractivity contribution in [1.82, 2.24) is 4.72 Å². The highest BCUT2D eigenvalue weighted by Gasteiger charge is 2.26. The summed E-state index contributed by atoms with van der Waals surface area (Å²) in [5, 5.41) is 13.1. The Morgan fingerprint density at radius 3 is 2.62 bits per heavy atom. The van der Waals surface area contributed by atoms with Crippen LogP contribution in [0.25, 0.3) is 0 Å². The van der Waals surface area contributed by atoms with E-state index >= 15 is 0 Å². The van der Waals surface area contributed by atoms with Crippen molar-refractivity contribution in [2.24, 2.45) is 0 Å². The summed E-state index contributed by atoms with van der Waals surface area (Å²) in [4.78, 5) is 9.27. The maximum absolute atomic E-state index is 14.0. The molecule has 0 aromatic heterocycles. The zero-order valence-electron chi connectivity index (χ0n) is 11.6. The van der Waals surface area contributed by atoms with Crippen LogP contribution in [0.4, 0.5) is 15.8 Å².